The van der Waals surface area contributed by atoms with Crippen molar-refractivity contribution < 1.29 is 4.42 Å². The van der Waals surface area contributed by atoms with E-state index in [-0.39, 0.29) is 0 Å². The molecule has 0 saturated carbocycles. The van der Waals surface area contributed by atoms with Gasteiger partial charge in [0.1, 0.15) is 5.76 Å². The second-order valence-electron chi connectivity index (χ2n) is 2.71. The number of halogens is 1. The number of furan rings is 1. The Kier molecular flexibility index (Phi) is 2.37. The largest absolute Gasteiger partial charge is 0.469 e. The lowest BCUT2D eigenvalue weighted by atomic mass is 10.1. The zero-order chi connectivity index (χ0) is 9.10. The summed E-state index contributed by atoms with van der Waals surface area (Å²) in [6.07, 6.45) is 3.61. The van der Waals surface area contributed by atoms with E-state index < -0.39 is 0 Å². The van der Waals surface area contributed by atoms with Gasteiger partial charge in [-0.1, -0.05) is 23.7 Å². The fourth-order valence-electron chi connectivity index (χ4n) is 1.10. The van der Waals surface area contributed by atoms with Crippen LogP contribution in [0.4, 0.5) is 0 Å². The number of hydrogen-bond donors (Lipinski definition) is 0. The van der Waals surface area contributed by atoms with Crippen LogP contribution < -0.4 is 0 Å². The fourth-order valence-corrected chi connectivity index (χ4v) is 1.22. The van der Waals surface area contributed by atoms with Crippen LogP contribution in [0, 0.1) is 6.42 Å². The SMILES string of the molecule is Clc1ccc([CH]c2ccco2)cc1. The molecule has 0 aliphatic carbocycles. The van der Waals surface area contributed by atoms with Gasteiger partial charge in [-0.2, -0.15) is 0 Å². The van der Waals surface area contributed by atoms with Gasteiger partial charge in [0.15, 0.2) is 0 Å². The van der Waals surface area contributed by atoms with E-state index >= 15 is 0 Å². The molecule has 0 spiro atoms. The molecule has 0 fully saturated rings. The third kappa shape index (κ3) is 2.13. The fraction of sp³-hybridized carbons (Fsp3) is 0. The summed E-state index contributed by atoms with van der Waals surface area (Å²) < 4.78 is 5.18. The maximum absolute atomic E-state index is 5.76. The first kappa shape index (κ1) is 8.39. The highest BCUT2D eigenvalue weighted by Crippen LogP contribution is 2.15. The Morgan fingerprint density at radius 2 is 1.85 bits per heavy atom. The van der Waals surface area contributed by atoms with Gasteiger partial charge in [-0.15, -0.1) is 0 Å². The Hall–Kier alpha value is -1.21. The molecule has 0 aliphatic heterocycles. The van der Waals surface area contributed by atoms with E-state index in [9.17, 15) is 0 Å². The van der Waals surface area contributed by atoms with Crippen LogP contribution in [0.5, 0.6) is 0 Å². The second-order valence-corrected chi connectivity index (χ2v) is 3.15. The summed E-state index contributed by atoms with van der Waals surface area (Å²) in [6, 6.07) is 11.4. The van der Waals surface area contributed by atoms with Crippen LogP contribution in [0.15, 0.2) is 47.1 Å². The van der Waals surface area contributed by atoms with Gasteiger partial charge in [0, 0.05) is 5.02 Å². The molecule has 2 aromatic rings. The van der Waals surface area contributed by atoms with Gasteiger partial charge in [-0.3, -0.25) is 0 Å². The predicted octanol–water partition coefficient (Wildman–Crippen LogP) is 3.53. The number of hydrogen-bond acceptors (Lipinski definition) is 1. The van der Waals surface area contributed by atoms with Gasteiger partial charge < -0.3 is 4.42 Å². The molecule has 1 aromatic carbocycles. The van der Waals surface area contributed by atoms with Crippen molar-refractivity contribution in [3.05, 3.63) is 65.4 Å². The highest BCUT2D eigenvalue weighted by atomic mass is 35.5. The van der Waals surface area contributed by atoms with Gasteiger partial charge in [-0.25, -0.2) is 0 Å². The topological polar surface area (TPSA) is 13.1 Å². The predicted molar refractivity (Wildman–Crippen MR) is 52.7 cm³/mol. The van der Waals surface area contributed by atoms with Crippen molar-refractivity contribution in [2.24, 2.45) is 0 Å². The maximum Gasteiger partial charge on any atom is 0.112 e. The molecule has 0 saturated heterocycles. The summed E-state index contributed by atoms with van der Waals surface area (Å²) in [7, 11) is 0. The molecule has 0 unspecified atom stereocenters. The van der Waals surface area contributed by atoms with Gasteiger partial charge in [-0.05, 0) is 29.8 Å². The summed E-state index contributed by atoms with van der Waals surface area (Å²) in [4.78, 5) is 0. The molecule has 2 rings (SSSR count). The molecule has 0 amide bonds. The van der Waals surface area contributed by atoms with Crippen LogP contribution in [-0.2, 0) is 0 Å². The summed E-state index contributed by atoms with van der Waals surface area (Å²) in [6.45, 7) is 0. The van der Waals surface area contributed by atoms with E-state index in [0.717, 1.165) is 16.3 Å². The van der Waals surface area contributed by atoms with Crippen molar-refractivity contribution in [3.63, 3.8) is 0 Å². The molecule has 13 heavy (non-hydrogen) atoms. The van der Waals surface area contributed by atoms with E-state index in [0.29, 0.717) is 0 Å². The van der Waals surface area contributed by atoms with Crippen molar-refractivity contribution in [1.29, 1.82) is 0 Å². The number of rotatable bonds is 2. The molecule has 0 atom stereocenters. The summed E-state index contributed by atoms with van der Waals surface area (Å²) in [5.74, 6) is 0.849. The Bertz CT molecular complexity index is 361. The molecule has 1 nitrogen and oxygen atoms in total. The maximum atomic E-state index is 5.76. The van der Waals surface area contributed by atoms with E-state index in [1.807, 2.05) is 42.8 Å². The lowest BCUT2D eigenvalue weighted by molar-refractivity contribution is 0.542. The summed E-state index contributed by atoms with van der Waals surface area (Å²) in [5, 5.41) is 0.747. The summed E-state index contributed by atoms with van der Waals surface area (Å²) in [5.41, 5.74) is 1.08. The minimum Gasteiger partial charge on any atom is -0.469 e. The van der Waals surface area contributed by atoms with Crippen LogP contribution in [0.25, 0.3) is 0 Å². The van der Waals surface area contributed by atoms with Crippen molar-refractivity contribution in [2.45, 2.75) is 0 Å². The van der Waals surface area contributed by atoms with Gasteiger partial charge in [0.2, 0.25) is 0 Å². The molecule has 0 bridgehead atoms. The van der Waals surface area contributed by atoms with Crippen LogP contribution in [0.2, 0.25) is 5.02 Å². The average molecular weight is 192 g/mol. The van der Waals surface area contributed by atoms with E-state index in [1.165, 1.54) is 0 Å². The first-order valence-electron chi connectivity index (χ1n) is 3.98. The molecule has 1 radical (unpaired) electrons. The minimum atomic E-state index is 0.747. The molecule has 0 N–H and O–H groups in total. The standard InChI is InChI=1S/C11H8ClO/c12-10-5-3-9(4-6-10)8-11-2-1-7-13-11/h1-8H. The quantitative estimate of drug-likeness (QED) is 0.708. The zero-order valence-corrected chi connectivity index (χ0v) is 7.66. The lowest BCUT2D eigenvalue weighted by Crippen LogP contribution is -1.80. The summed E-state index contributed by atoms with van der Waals surface area (Å²) >= 11 is 5.76. The van der Waals surface area contributed by atoms with Crippen molar-refractivity contribution >= 4 is 11.6 Å². The second kappa shape index (κ2) is 3.67. The van der Waals surface area contributed by atoms with Crippen LogP contribution in [0.3, 0.4) is 0 Å². The highest BCUT2D eigenvalue weighted by molar-refractivity contribution is 6.30. The average Bonchev–Trinajstić information content (AvgIpc) is 2.62. The molecular weight excluding hydrogens is 184 g/mol. The van der Waals surface area contributed by atoms with E-state index in [1.54, 1.807) is 6.26 Å². The molecule has 0 aliphatic rings. The highest BCUT2D eigenvalue weighted by Gasteiger charge is 1.98. The van der Waals surface area contributed by atoms with Gasteiger partial charge in [0.05, 0.1) is 12.7 Å². The third-order valence-electron chi connectivity index (χ3n) is 1.72. The smallest absolute Gasteiger partial charge is 0.112 e. The van der Waals surface area contributed by atoms with Crippen molar-refractivity contribution in [2.75, 3.05) is 0 Å². The zero-order valence-electron chi connectivity index (χ0n) is 6.91. The molecule has 1 heterocycles. The Balaban J connectivity index is 2.15. The van der Waals surface area contributed by atoms with E-state index in [4.69, 9.17) is 16.0 Å². The first-order chi connectivity index (χ1) is 6.34. The third-order valence-corrected chi connectivity index (χ3v) is 1.97. The lowest BCUT2D eigenvalue weighted by Gasteiger charge is -1.96. The van der Waals surface area contributed by atoms with E-state index in [2.05, 4.69) is 0 Å². The first-order valence-corrected chi connectivity index (χ1v) is 4.36. The van der Waals surface area contributed by atoms with Crippen molar-refractivity contribution in [3.8, 4) is 0 Å². The van der Waals surface area contributed by atoms with Gasteiger partial charge in [0.25, 0.3) is 0 Å². The van der Waals surface area contributed by atoms with Crippen LogP contribution in [0.1, 0.15) is 11.3 Å². The number of benzene rings is 1. The normalized spacial score (nSPS) is 10.2. The van der Waals surface area contributed by atoms with Gasteiger partial charge >= 0.3 is 0 Å². The van der Waals surface area contributed by atoms with Crippen LogP contribution >= 0.6 is 11.6 Å². The molecule has 1 aromatic heterocycles. The molecule has 65 valence electrons. The monoisotopic (exact) mass is 191 g/mol. The van der Waals surface area contributed by atoms with Crippen molar-refractivity contribution in [1.82, 2.24) is 0 Å². The Morgan fingerprint density at radius 1 is 1.08 bits per heavy atom. The Morgan fingerprint density at radius 3 is 2.46 bits per heavy atom. The Labute approximate surface area is 82.0 Å². The molecular formula is C11H8ClO. The molecule has 2 heteroatoms. The van der Waals surface area contributed by atoms with Crippen LogP contribution in [-0.4, -0.2) is 0 Å². The minimum absolute atomic E-state index is 0.747.